The number of hydrogen-bond donors (Lipinski definition) is 0. The molecule has 0 heteroatoms. The van der Waals surface area contributed by atoms with Gasteiger partial charge in [-0.25, -0.2) is 0 Å². The minimum atomic E-state index is 0.954. The summed E-state index contributed by atoms with van der Waals surface area (Å²) in [5, 5.41) is 2.71. The first-order chi connectivity index (χ1) is 13.8. The summed E-state index contributed by atoms with van der Waals surface area (Å²) in [5.74, 6) is 0. The SMILES string of the molecule is CC.CC1=C\c2cc3c(cc2C=CC/C=C/C=C\1)-c1cccc2cccc-3c12. The molecule has 0 amide bonds. The molecule has 0 aromatic heterocycles. The van der Waals surface area contributed by atoms with E-state index < -0.39 is 0 Å². The maximum Gasteiger partial charge on any atom is -0.00264 e. The lowest BCUT2D eigenvalue weighted by molar-refractivity contribution is 1.41. The van der Waals surface area contributed by atoms with Crippen molar-refractivity contribution in [3.63, 3.8) is 0 Å². The molecule has 0 nitrogen and oxygen atoms in total. The van der Waals surface area contributed by atoms with E-state index in [9.17, 15) is 0 Å². The van der Waals surface area contributed by atoms with Crippen LogP contribution in [0.5, 0.6) is 0 Å². The second-order valence-corrected chi connectivity index (χ2v) is 7.05. The Kier molecular flexibility index (Phi) is 5.12. The molecule has 0 fully saturated rings. The van der Waals surface area contributed by atoms with Crippen molar-refractivity contribution < 1.29 is 0 Å². The Bertz CT molecular complexity index is 1140. The Morgan fingerprint density at radius 2 is 1.36 bits per heavy atom. The number of benzene rings is 3. The number of fused-ring (bicyclic) bond motifs is 4. The van der Waals surface area contributed by atoms with Crippen LogP contribution in [-0.4, -0.2) is 0 Å². The lowest BCUT2D eigenvalue weighted by Gasteiger charge is -2.09. The van der Waals surface area contributed by atoms with E-state index in [0.717, 1.165) is 6.42 Å². The fourth-order valence-corrected chi connectivity index (χ4v) is 4.07. The first-order valence-electron chi connectivity index (χ1n) is 10.2. The van der Waals surface area contributed by atoms with Gasteiger partial charge >= 0.3 is 0 Å². The highest BCUT2D eigenvalue weighted by molar-refractivity contribution is 6.15. The normalized spacial score (nSPS) is 18.0. The van der Waals surface area contributed by atoms with Crippen molar-refractivity contribution in [1.29, 1.82) is 0 Å². The van der Waals surface area contributed by atoms with Crippen LogP contribution in [0.4, 0.5) is 0 Å². The molecule has 0 radical (unpaired) electrons. The molecular formula is C28H26. The second kappa shape index (κ2) is 7.86. The van der Waals surface area contributed by atoms with Gasteiger partial charge in [-0.15, -0.1) is 0 Å². The Hall–Kier alpha value is -3.12. The monoisotopic (exact) mass is 362 g/mol. The fraction of sp³-hybridized carbons (Fsp3) is 0.143. The van der Waals surface area contributed by atoms with Crippen LogP contribution in [0, 0.1) is 0 Å². The largest absolute Gasteiger partial charge is 0.0807 e. The molecule has 0 saturated heterocycles. The summed E-state index contributed by atoms with van der Waals surface area (Å²) < 4.78 is 0. The molecule has 28 heavy (non-hydrogen) atoms. The molecule has 2 aliphatic rings. The van der Waals surface area contributed by atoms with Crippen LogP contribution >= 0.6 is 0 Å². The van der Waals surface area contributed by atoms with Gasteiger partial charge < -0.3 is 0 Å². The third-order valence-corrected chi connectivity index (χ3v) is 5.27. The van der Waals surface area contributed by atoms with Crippen molar-refractivity contribution in [1.82, 2.24) is 0 Å². The smallest absolute Gasteiger partial charge is 0.00264 e. The van der Waals surface area contributed by atoms with E-state index in [0.29, 0.717) is 0 Å². The molecule has 0 atom stereocenters. The van der Waals surface area contributed by atoms with Crippen LogP contribution in [0.2, 0.25) is 0 Å². The second-order valence-electron chi connectivity index (χ2n) is 7.05. The van der Waals surface area contributed by atoms with Gasteiger partial charge in [0.15, 0.2) is 0 Å². The third-order valence-electron chi connectivity index (χ3n) is 5.27. The quantitative estimate of drug-likeness (QED) is 0.294. The van der Waals surface area contributed by atoms with Gasteiger partial charge in [-0.2, -0.15) is 0 Å². The molecule has 5 rings (SSSR count). The zero-order chi connectivity index (χ0) is 19.5. The van der Waals surface area contributed by atoms with Crippen LogP contribution < -0.4 is 0 Å². The molecule has 0 heterocycles. The van der Waals surface area contributed by atoms with E-state index >= 15 is 0 Å². The van der Waals surface area contributed by atoms with Gasteiger partial charge in [-0.1, -0.05) is 98.4 Å². The fourth-order valence-electron chi connectivity index (χ4n) is 4.07. The van der Waals surface area contributed by atoms with Gasteiger partial charge in [0.2, 0.25) is 0 Å². The van der Waals surface area contributed by atoms with Gasteiger partial charge in [-0.3, -0.25) is 0 Å². The molecule has 3 aromatic carbocycles. The van der Waals surface area contributed by atoms with E-state index in [1.54, 1.807) is 0 Å². The van der Waals surface area contributed by atoms with Crippen molar-refractivity contribution in [2.45, 2.75) is 27.2 Å². The van der Waals surface area contributed by atoms with E-state index in [1.165, 1.54) is 49.7 Å². The van der Waals surface area contributed by atoms with Gasteiger partial charge in [0.05, 0.1) is 0 Å². The van der Waals surface area contributed by atoms with Crippen molar-refractivity contribution in [3.8, 4) is 22.3 Å². The summed E-state index contributed by atoms with van der Waals surface area (Å²) in [6.45, 7) is 6.17. The summed E-state index contributed by atoms with van der Waals surface area (Å²) in [7, 11) is 0. The molecular weight excluding hydrogens is 336 g/mol. The third kappa shape index (κ3) is 3.16. The molecule has 0 aliphatic heterocycles. The van der Waals surface area contributed by atoms with Crippen molar-refractivity contribution in [2.75, 3.05) is 0 Å². The molecule has 0 unspecified atom stereocenters. The molecule has 0 saturated carbocycles. The molecule has 0 N–H and O–H groups in total. The minimum Gasteiger partial charge on any atom is -0.0807 e. The molecule has 0 spiro atoms. The molecule has 0 bridgehead atoms. The topological polar surface area (TPSA) is 0 Å². The summed E-state index contributed by atoms with van der Waals surface area (Å²) >= 11 is 0. The average Bonchev–Trinajstić information content (AvgIpc) is 3.02. The molecule has 138 valence electrons. The standard InChI is InChI=1S/C26H20.C2H6/c1-18-9-5-3-2-4-6-10-20-16-24-22-13-7-11-19-12-8-14-23(26(19)22)25(24)17-21(20)15-18;1-2/h2-3,5-17H,4H2,1H3;1-2H3/b3-2+,9-5-,10-6?,18-15+;. The summed E-state index contributed by atoms with van der Waals surface area (Å²) in [6.07, 6.45) is 16.4. The van der Waals surface area contributed by atoms with Gasteiger partial charge in [-0.05, 0) is 69.6 Å². The summed E-state index contributed by atoms with van der Waals surface area (Å²) in [5.41, 5.74) is 9.26. The molecule has 2 aliphatic carbocycles. The maximum atomic E-state index is 2.37. The highest BCUT2D eigenvalue weighted by Crippen LogP contribution is 2.48. The highest BCUT2D eigenvalue weighted by Gasteiger charge is 2.22. The Morgan fingerprint density at radius 1 is 0.679 bits per heavy atom. The Morgan fingerprint density at radius 3 is 2.07 bits per heavy atom. The number of hydrogen-bond acceptors (Lipinski definition) is 0. The Balaban J connectivity index is 0.000000932. The average molecular weight is 363 g/mol. The minimum absolute atomic E-state index is 0.954. The van der Waals surface area contributed by atoms with Crippen molar-refractivity contribution in [2.24, 2.45) is 0 Å². The van der Waals surface area contributed by atoms with E-state index in [-0.39, 0.29) is 0 Å². The van der Waals surface area contributed by atoms with Gasteiger partial charge in [0, 0.05) is 0 Å². The van der Waals surface area contributed by atoms with Crippen LogP contribution in [0.15, 0.2) is 84.5 Å². The van der Waals surface area contributed by atoms with Crippen LogP contribution in [0.1, 0.15) is 38.3 Å². The van der Waals surface area contributed by atoms with Crippen LogP contribution in [0.25, 0.3) is 45.2 Å². The predicted molar refractivity (Wildman–Crippen MR) is 125 cm³/mol. The first kappa shape index (κ1) is 18.3. The zero-order valence-corrected chi connectivity index (χ0v) is 16.9. The van der Waals surface area contributed by atoms with Crippen molar-refractivity contribution >= 4 is 22.9 Å². The summed E-state index contributed by atoms with van der Waals surface area (Å²) in [6, 6.07) is 18.0. The lowest BCUT2D eigenvalue weighted by atomic mass is 9.95. The summed E-state index contributed by atoms with van der Waals surface area (Å²) in [4.78, 5) is 0. The lowest BCUT2D eigenvalue weighted by Crippen LogP contribution is -1.87. The number of rotatable bonds is 0. The Labute approximate surface area is 168 Å². The zero-order valence-electron chi connectivity index (χ0n) is 16.9. The van der Waals surface area contributed by atoms with Crippen LogP contribution in [-0.2, 0) is 0 Å². The van der Waals surface area contributed by atoms with Crippen LogP contribution in [0.3, 0.4) is 0 Å². The highest BCUT2D eigenvalue weighted by atomic mass is 14.2. The van der Waals surface area contributed by atoms with E-state index in [1.807, 2.05) is 13.8 Å². The molecule has 3 aromatic rings. The maximum absolute atomic E-state index is 2.37. The van der Waals surface area contributed by atoms with E-state index in [4.69, 9.17) is 0 Å². The van der Waals surface area contributed by atoms with E-state index in [2.05, 4.69) is 98.0 Å². The van der Waals surface area contributed by atoms with Gasteiger partial charge in [0.25, 0.3) is 0 Å². The predicted octanol–water partition coefficient (Wildman–Crippen LogP) is 8.45. The number of allylic oxidation sites excluding steroid dienone is 6. The van der Waals surface area contributed by atoms with Gasteiger partial charge in [0.1, 0.15) is 0 Å². The first-order valence-corrected chi connectivity index (χ1v) is 10.2. The van der Waals surface area contributed by atoms with Crippen molar-refractivity contribution in [3.05, 3.63) is 95.6 Å².